The summed E-state index contributed by atoms with van der Waals surface area (Å²) in [5, 5.41) is 0.410. The average Bonchev–Trinajstić information content (AvgIpc) is 3.02. The topological polar surface area (TPSA) is 44.1 Å². The number of imidazole rings is 1. The highest BCUT2D eigenvalue weighted by molar-refractivity contribution is 6.47. The van der Waals surface area contributed by atoms with Crippen molar-refractivity contribution in [1.82, 2.24) is 9.55 Å². The zero-order chi connectivity index (χ0) is 18.3. The number of allylic oxidation sites excluding steroid dienone is 1. The van der Waals surface area contributed by atoms with Gasteiger partial charge in [-0.25, -0.2) is 4.98 Å². The van der Waals surface area contributed by atoms with Gasteiger partial charge in [-0.15, -0.1) is 11.6 Å². The molecule has 132 valence electrons. The summed E-state index contributed by atoms with van der Waals surface area (Å²) >= 11 is 13.6. The molecule has 26 heavy (non-hydrogen) atoms. The van der Waals surface area contributed by atoms with Crippen molar-refractivity contribution in [2.24, 2.45) is 0 Å². The lowest BCUT2D eigenvalue weighted by Gasteiger charge is -2.35. The second-order valence-electron chi connectivity index (χ2n) is 6.08. The molecule has 0 bridgehead atoms. The minimum absolute atomic E-state index is 0.259. The summed E-state index contributed by atoms with van der Waals surface area (Å²) in [6.45, 7) is 2.03. The second-order valence-corrected chi connectivity index (χ2v) is 7.09. The van der Waals surface area contributed by atoms with Crippen molar-refractivity contribution in [2.75, 3.05) is 6.61 Å². The Hall–Kier alpha value is -2.30. The van der Waals surface area contributed by atoms with E-state index in [0.717, 1.165) is 16.6 Å². The largest absolute Gasteiger partial charge is 0.465 e. The maximum Gasteiger partial charge on any atom is 0.319 e. The second kappa shape index (κ2) is 6.45. The zero-order valence-electron chi connectivity index (χ0n) is 14.0. The molecular weight excluding hydrogens is 371 g/mol. The molecule has 0 spiro atoms. The molecule has 6 heteroatoms. The van der Waals surface area contributed by atoms with Crippen LogP contribution in [0.3, 0.4) is 0 Å². The Morgan fingerprint density at radius 1 is 1.19 bits per heavy atom. The van der Waals surface area contributed by atoms with E-state index in [0.29, 0.717) is 11.0 Å². The molecule has 0 fully saturated rings. The van der Waals surface area contributed by atoms with Gasteiger partial charge in [-0.05, 0) is 30.7 Å². The van der Waals surface area contributed by atoms with E-state index in [2.05, 4.69) is 4.98 Å². The average molecular weight is 387 g/mol. The first-order valence-corrected chi connectivity index (χ1v) is 9.09. The fraction of sp³-hybridized carbons (Fsp3) is 0.200. The predicted octanol–water partition coefficient (Wildman–Crippen LogP) is 4.87. The van der Waals surface area contributed by atoms with Crippen molar-refractivity contribution in [2.45, 2.75) is 17.7 Å². The van der Waals surface area contributed by atoms with Gasteiger partial charge in [0.25, 0.3) is 0 Å². The molecule has 0 aliphatic carbocycles. The van der Waals surface area contributed by atoms with Crippen LogP contribution in [0.2, 0.25) is 0 Å². The van der Waals surface area contributed by atoms with Crippen LogP contribution in [0.4, 0.5) is 0 Å². The molecular formula is C20H16Cl2N2O2. The van der Waals surface area contributed by atoms with Gasteiger partial charge in [-0.1, -0.05) is 54.1 Å². The van der Waals surface area contributed by atoms with Gasteiger partial charge >= 0.3 is 5.97 Å². The van der Waals surface area contributed by atoms with Crippen molar-refractivity contribution in [1.29, 1.82) is 0 Å². The number of ether oxygens (including phenoxy) is 1. The fourth-order valence-corrected chi connectivity index (χ4v) is 4.24. The number of halogens is 2. The van der Waals surface area contributed by atoms with Crippen LogP contribution < -0.4 is 0 Å². The molecule has 0 saturated carbocycles. The number of fused-ring (bicyclic) bond motifs is 3. The first-order chi connectivity index (χ1) is 12.6. The van der Waals surface area contributed by atoms with Gasteiger partial charge in [-0.3, -0.25) is 9.36 Å². The van der Waals surface area contributed by atoms with Crippen LogP contribution in [0, 0.1) is 0 Å². The lowest BCUT2D eigenvalue weighted by Crippen LogP contribution is -2.37. The van der Waals surface area contributed by atoms with Gasteiger partial charge in [0.05, 0.1) is 17.6 Å². The van der Waals surface area contributed by atoms with E-state index >= 15 is 0 Å². The summed E-state index contributed by atoms with van der Waals surface area (Å²) in [5.74, 6) is -0.763. The minimum atomic E-state index is -1.18. The summed E-state index contributed by atoms with van der Waals surface area (Å²) in [5.41, 5.74) is 2.33. The molecule has 0 radical (unpaired) electrons. The summed E-state index contributed by atoms with van der Waals surface area (Å²) < 4.78 is 7.10. The fourth-order valence-electron chi connectivity index (χ4n) is 3.42. The van der Waals surface area contributed by atoms with Crippen molar-refractivity contribution in [3.63, 3.8) is 0 Å². The van der Waals surface area contributed by atoms with E-state index in [9.17, 15) is 4.79 Å². The zero-order valence-corrected chi connectivity index (χ0v) is 15.5. The Morgan fingerprint density at radius 2 is 1.88 bits per heavy atom. The van der Waals surface area contributed by atoms with Crippen molar-refractivity contribution >= 4 is 45.4 Å². The SMILES string of the molecule is CCOC(=O)C1c2nc3ccccc3n2C(Cl)=CC1(Cl)c1ccccc1. The molecule has 4 rings (SSSR count). The highest BCUT2D eigenvalue weighted by Crippen LogP contribution is 2.50. The summed E-state index contributed by atoms with van der Waals surface area (Å²) in [6.07, 6.45) is 1.70. The first kappa shape index (κ1) is 17.1. The predicted molar refractivity (Wildman–Crippen MR) is 103 cm³/mol. The van der Waals surface area contributed by atoms with Gasteiger partial charge in [0.15, 0.2) is 0 Å². The molecule has 2 unspecified atom stereocenters. The quantitative estimate of drug-likeness (QED) is 0.476. The third-order valence-electron chi connectivity index (χ3n) is 4.55. The van der Waals surface area contributed by atoms with Crippen LogP contribution in [-0.4, -0.2) is 22.1 Å². The number of carbonyl (C=O) groups excluding carboxylic acids is 1. The van der Waals surface area contributed by atoms with Gasteiger partial charge in [0.2, 0.25) is 0 Å². The van der Waals surface area contributed by atoms with Crippen LogP contribution in [0.5, 0.6) is 0 Å². The first-order valence-electron chi connectivity index (χ1n) is 8.33. The van der Waals surface area contributed by atoms with Gasteiger partial charge in [-0.2, -0.15) is 0 Å². The number of hydrogen-bond acceptors (Lipinski definition) is 3. The molecule has 0 amide bonds. The number of nitrogens with zero attached hydrogens (tertiary/aromatic N) is 2. The standard InChI is InChI=1S/C20H16Cl2N2O2/c1-2-26-19(25)17-18-23-14-10-6-7-11-15(14)24(18)16(21)12-20(17,22)13-8-4-3-5-9-13/h3-12,17H,2H2,1H3. The van der Waals surface area contributed by atoms with E-state index in [1.54, 1.807) is 17.6 Å². The minimum Gasteiger partial charge on any atom is -0.465 e. The van der Waals surface area contributed by atoms with E-state index < -0.39 is 16.8 Å². The van der Waals surface area contributed by atoms with Crippen LogP contribution in [-0.2, 0) is 14.4 Å². The van der Waals surface area contributed by atoms with E-state index in [1.165, 1.54) is 0 Å². The van der Waals surface area contributed by atoms with E-state index in [4.69, 9.17) is 27.9 Å². The van der Waals surface area contributed by atoms with Gasteiger partial charge < -0.3 is 4.74 Å². The smallest absolute Gasteiger partial charge is 0.319 e. The number of benzene rings is 2. The molecule has 3 aromatic rings. The summed E-state index contributed by atoms with van der Waals surface area (Å²) in [6, 6.07) is 17.0. The number of esters is 1. The highest BCUT2D eigenvalue weighted by Gasteiger charge is 2.49. The van der Waals surface area contributed by atoms with Crippen molar-refractivity contribution in [3.05, 3.63) is 72.1 Å². The number of alkyl halides is 1. The lowest BCUT2D eigenvalue weighted by atomic mass is 9.82. The molecule has 2 aromatic carbocycles. The summed E-state index contributed by atoms with van der Waals surface area (Å²) in [4.78, 5) is 16.4. The van der Waals surface area contributed by atoms with Crippen LogP contribution in [0.15, 0.2) is 60.7 Å². The molecule has 1 aliphatic rings. The van der Waals surface area contributed by atoms with Gasteiger partial charge in [0, 0.05) is 0 Å². The molecule has 1 aliphatic heterocycles. The number of aromatic nitrogens is 2. The number of para-hydroxylation sites is 2. The Kier molecular flexibility index (Phi) is 4.25. The van der Waals surface area contributed by atoms with E-state index in [1.807, 2.05) is 54.6 Å². The number of carbonyl (C=O) groups is 1. The third-order valence-corrected chi connectivity index (χ3v) is 5.37. The Labute approximate surface area is 161 Å². The Morgan fingerprint density at radius 3 is 2.62 bits per heavy atom. The molecule has 1 aromatic heterocycles. The van der Waals surface area contributed by atoms with Crippen LogP contribution in [0.1, 0.15) is 24.2 Å². The lowest BCUT2D eigenvalue weighted by molar-refractivity contribution is -0.146. The van der Waals surface area contributed by atoms with Crippen molar-refractivity contribution < 1.29 is 9.53 Å². The third kappa shape index (κ3) is 2.52. The highest BCUT2D eigenvalue weighted by atomic mass is 35.5. The molecule has 0 N–H and O–H groups in total. The van der Waals surface area contributed by atoms with Gasteiger partial charge in [0.1, 0.15) is 21.8 Å². The maximum atomic E-state index is 12.9. The van der Waals surface area contributed by atoms with Crippen molar-refractivity contribution in [3.8, 4) is 0 Å². The Bertz CT molecular complexity index is 1010. The van der Waals surface area contributed by atoms with E-state index in [-0.39, 0.29) is 6.61 Å². The number of hydrogen-bond donors (Lipinski definition) is 0. The molecule has 2 heterocycles. The van der Waals surface area contributed by atoms with Crippen LogP contribution >= 0.6 is 23.2 Å². The molecule has 4 nitrogen and oxygen atoms in total. The summed E-state index contributed by atoms with van der Waals surface area (Å²) in [7, 11) is 0. The number of rotatable bonds is 3. The normalized spacial score (nSPS) is 22.0. The van der Waals surface area contributed by atoms with Crippen LogP contribution in [0.25, 0.3) is 16.2 Å². The molecule has 0 saturated heterocycles. The maximum absolute atomic E-state index is 12.9. The monoisotopic (exact) mass is 386 g/mol. The Balaban J connectivity index is 2.00. The molecule has 2 atom stereocenters.